The highest BCUT2D eigenvalue weighted by molar-refractivity contribution is 6.46. The third kappa shape index (κ3) is 4.20. The van der Waals surface area contributed by atoms with Crippen molar-refractivity contribution in [3.8, 4) is 5.75 Å². The standard InChI is InChI=1S/C18H26BN3O4/c1-12(10-22-7-3-4-13(9-20)11-22)21-16-8-14-5-2-6-15(18(23)24)17(14)26-19(16)25/h2,5-6,13,16,21,25H,1,3-4,7-11,20H2,(H,23,24). The number of nitrogens with zero attached hydrogens (tertiary/aromatic N) is 1. The Morgan fingerprint density at radius 1 is 1.50 bits per heavy atom. The minimum atomic E-state index is -1.13. The topological polar surface area (TPSA) is 108 Å². The number of aromatic carboxylic acids is 1. The minimum absolute atomic E-state index is 0.0694. The van der Waals surface area contributed by atoms with Gasteiger partial charge in [-0.25, -0.2) is 4.79 Å². The summed E-state index contributed by atoms with van der Waals surface area (Å²) in [6.07, 6.45) is 2.78. The number of likely N-dealkylation sites (tertiary alicyclic amines) is 1. The molecule has 2 atom stereocenters. The molecule has 1 saturated heterocycles. The van der Waals surface area contributed by atoms with Gasteiger partial charge in [0.1, 0.15) is 5.75 Å². The molecule has 8 heteroatoms. The van der Waals surface area contributed by atoms with E-state index in [1.807, 2.05) is 6.07 Å². The molecule has 0 saturated carbocycles. The number of carboxylic acid groups (broad SMARTS) is 1. The molecule has 0 radical (unpaired) electrons. The van der Waals surface area contributed by atoms with Gasteiger partial charge in [0.15, 0.2) is 0 Å². The van der Waals surface area contributed by atoms with E-state index in [2.05, 4.69) is 16.8 Å². The highest BCUT2D eigenvalue weighted by atomic mass is 16.5. The maximum atomic E-state index is 11.3. The van der Waals surface area contributed by atoms with Crippen molar-refractivity contribution >= 4 is 13.1 Å². The first-order chi connectivity index (χ1) is 12.5. The lowest BCUT2D eigenvalue weighted by atomic mass is 9.72. The van der Waals surface area contributed by atoms with Crippen LogP contribution < -0.4 is 15.7 Å². The predicted octanol–water partition coefficient (Wildman–Crippen LogP) is 0.482. The van der Waals surface area contributed by atoms with Gasteiger partial charge in [-0.05, 0) is 49.9 Å². The van der Waals surface area contributed by atoms with E-state index in [0.717, 1.165) is 30.8 Å². The third-order valence-electron chi connectivity index (χ3n) is 5.09. The van der Waals surface area contributed by atoms with Gasteiger partial charge in [-0.1, -0.05) is 18.7 Å². The molecule has 0 spiro atoms. The van der Waals surface area contributed by atoms with Gasteiger partial charge in [-0.15, -0.1) is 0 Å². The number of para-hydroxylation sites is 1. The summed E-state index contributed by atoms with van der Waals surface area (Å²) in [5, 5.41) is 22.8. The number of nitrogens with two attached hydrogens (primary N) is 1. The number of carbonyl (C=O) groups is 1. The summed E-state index contributed by atoms with van der Waals surface area (Å²) in [4.78, 5) is 13.6. The fraction of sp³-hybridized carbons (Fsp3) is 0.500. The highest BCUT2D eigenvalue weighted by Crippen LogP contribution is 2.30. The summed E-state index contributed by atoms with van der Waals surface area (Å²) >= 11 is 0. The van der Waals surface area contributed by atoms with E-state index >= 15 is 0 Å². The Balaban J connectivity index is 1.61. The molecule has 140 valence electrons. The summed E-state index contributed by atoms with van der Waals surface area (Å²) in [5.74, 6) is -0.655. The summed E-state index contributed by atoms with van der Waals surface area (Å²) in [5.41, 5.74) is 7.43. The minimum Gasteiger partial charge on any atom is -0.534 e. The molecule has 5 N–H and O–H groups in total. The van der Waals surface area contributed by atoms with Crippen molar-refractivity contribution in [1.29, 1.82) is 0 Å². The van der Waals surface area contributed by atoms with E-state index in [9.17, 15) is 14.9 Å². The lowest BCUT2D eigenvalue weighted by Crippen LogP contribution is -2.52. The SMILES string of the molecule is C=C(CN1CCCC(CN)C1)NC1Cc2cccc(C(=O)O)c2OB1O. The van der Waals surface area contributed by atoms with Gasteiger partial charge in [0.25, 0.3) is 0 Å². The van der Waals surface area contributed by atoms with E-state index in [-0.39, 0.29) is 17.3 Å². The van der Waals surface area contributed by atoms with Crippen molar-refractivity contribution in [2.45, 2.75) is 25.2 Å². The van der Waals surface area contributed by atoms with Gasteiger partial charge < -0.3 is 25.8 Å². The van der Waals surface area contributed by atoms with E-state index in [4.69, 9.17) is 10.4 Å². The van der Waals surface area contributed by atoms with Crippen LogP contribution in [0.3, 0.4) is 0 Å². The van der Waals surface area contributed by atoms with Crippen LogP contribution in [0.5, 0.6) is 5.75 Å². The number of piperidine rings is 1. The smallest absolute Gasteiger partial charge is 0.534 e. The molecule has 0 bridgehead atoms. The Hall–Kier alpha value is -2.03. The molecule has 1 aromatic carbocycles. The summed E-state index contributed by atoms with van der Waals surface area (Å²) < 4.78 is 5.50. The molecule has 3 rings (SSSR count). The molecule has 1 aromatic rings. The average Bonchev–Trinajstić information content (AvgIpc) is 2.61. The average molecular weight is 359 g/mol. The first kappa shape index (κ1) is 18.8. The van der Waals surface area contributed by atoms with Crippen molar-refractivity contribution in [1.82, 2.24) is 10.2 Å². The molecule has 26 heavy (non-hydrogen) atoms. The van der Waals surface area contributed by atoms with Crippen LogP contribution in [0.1, 0.15) is 28.8 Å². The molecular formula is C18H26BN3O4. The first-order valence-corrected chi connectivity index (χ1v) is 9.04. The molecule has 0 amide bonds. The molecule has 2 aliphatic rings. The molecule has 2 unspecified atom stereocenters. The van der Waals surface area contributed by atoms with Gasteiger partial charge in [0.2, 0.25) is 0 Å². The number of fused-ring (bicyclic) bond motifs is 1. The number of hydrogen-bond acceptors (Lipinski definition) is 6. The van der Waals surface area contributed by atoms with Crippen molar-refractivity contribution in [2.24, 2.45) is 11.7 Å². The number of hydrogen-bond donors (Lipinski definition) is 4. The number of nitrogens with one attached hydrogen (secondary N) is 1. The van der Waals surface area contributed by atoms with Crippen LogP contribution in [0.4, 0.5) is 0 Å². The zero-order chi connectivity index (χ0) is 18.7. The van der Waals surface area contributed by atoms with Crippen LogP contribution in [0.2, 0.25) is 0 Å². The van der Waals surface area contributed by atoms with Gasteiger partial charge in [-0.2, -0.15) is 0 Å². The van der Waals surface area contributed by atoms with E-state index in [1.165, 1.54) is 12.5 Å². The molecule has 0 aromatic heterocycles. The summed E-state index contributed by atoms with van der Waals surface area (Å²) in [6.45, 7) is 7.47. The van der Waals surface area contributed by atoms with Crippen molar-refractivity contribution in [3.05, 3.63) is 41.6 Å². The van der Waals surface area contributed by atoms with Gasteiger partial charge in [-0.3, -0.25) is 4.90 Å². The summed E-state index contributed by atoms with van der Waals surface area (Å²) in [6, 6.07) is 4.99. The predicted molar refractivity (Wildman–Crippen MR) is 100.0 cm³/mol. The summed E-state index contributed by atoms with van der Waals surface area (Å²) in [7, 11) is -1.13. The van der Waals surface area contributed by atoms with Gasteiger partial charge in [0, 0.05) is 18.8 Å². The fourth-order valence-corrected chi connectivity index (χ4v) is 3.78. The zero-order valence-corrected chi connectivity index (χ0v) is 14.9. The van der Waals surface area contributed by atoms with Crippen molar-refractivity contribution in [2.75, 3.05) is 26.2 Å². The van der Waals surface area contributed by atoms with E-state index in [0.29, 0.717) is 25.4 Å². The van der Waals surface area contributed by atoms with E-state index < -0.39 is 13.1 Å². The van der Waals surface area contributed by atoms with Crippen LogP contribution in [0, 0.1) is 5.92 Å². The van der Waals surface area contributed by atoms with E-state index in [1.54, 1.807) is 6.07 Å². The molecule has 7 nitrogen and oxygen atoms in total. The highest BCUT2D eigenvalue weighted by Gasteiger charge is 2.37. The Bertz CT molecular complexity index is 684. The van der Waals surface area contributed by atoms with Gasteiger partial charge >= 0.3 is 13.1 Å². The molecular weight excluding hydrogens is 333 g/mol. The van der Waals surface area contributed by atoms with Gasteiger partial charge in [0.05, 0.1) is 11.5 Å². The van der Waals surface area contributed by atoms with Crippen LogP contribution in [-0.2, 0) is 6.42 Å². The number of rotatable bonds is 6. The molecule has 0 aliphatic carbocycles. The largest absolute Gasteiger partial charge is 0.546 e. The molecule has 1 fully saturated rings. The van der Waals surface area contributed by atoms with Crippen LogP contribution >= 0.6 is 0 Å². The molecule has 2 heterocycles. The lowest BCUT2D eigenvalue weighted by molar-refractivity contribution is 0.0694. The zero-order valence-electron chi connectivity index (χ0n) is 14.9. The number of benzene rings is 1. The number of carboxylic acids is 1. The second-order valence-corrected chi connectivity index (χ2v) is 7.14. The lowest BCUT2D eigenvalue weighted by Gasteiger charge is -2.34. The Labute approximate surface area is 154 Å². The Kier molecular flexibility index (Phi) is 5.85. The maximum Gasteiger partial charge on any atom is 0.546 e. The van der Waals surface area contributed by atoms with Crippen LogP contribution in [-0.4, -0.2) is 60.2 Å². The normalized spacial score (nSPS) is 23.1. The molecule has 2 aliphatic heterocycles. The van der Waals surface area contributed by atoms with Crippen LogP contribution in [0.15, 0.2) is 30.5 Å². The Morgan fingerprint density at radius 2 is 2.31 bits per heavy atom. The fourth-order valence-electron chi connectivity index (χ4n) is 3.78. The van der Waals surface area contributed by atoms with Crippen molar-refractivity contribution < 1.29 is 19.6 Å². The quantitative estimate of drug-likeness (QED) is 0.547. The first-order valence-electron chi connectivity index (χ1n) is 9.04. The van der Waals surface area contributed by atoms with Crippen LogP contribution in [0.25, 0.3) is 0 Å². The maximum absolute atomic E-state index is 11.3. The van der Waals surface area contributed by atoms with Crippen molar-refractivity contribution in [3.63, 3.8) is 0 Å². The Morgan fingerprint density at radius 3 is 3.04 bits per heavy atom. The second kappa shape index (κ2) is 8.12. The third-order valence-corrected chi connectivity index (χ3v) is 5.09. The second-order valence-electron chi connectivity index (χ2n) is 7.14. The monoisotopic (exact) mass is 359 g/mol.